The molecule has 0 atom stereocenters. The zero-order chi connectivity index (χ0) is 33.8. The van der Waals surface area contributed by atoms with Crippen LogP contribution in [-0.2, 0) is 0 Å². The van der Waals surface area contributed by atoms with Crippen LogP contribution in [0.1, 0.15) is 33.6 Å². The van der Waals surface area contributed by atoms with Crippen molar-refractivity contribution < 1.29 is 23.5 Å². The number of nitrogens with zero attached hydrogens (tertiary/aromatic N) is 7. The molecule has 6 aromatic heterocycles. The normalized spacial score (nSPS) is 14.2. The summed E-state index contributed by atoms with van der Waals surface area (Å²) in [6, 6.07) is 20.8. The van der Waals surface area contributed by atoms with Crippen molar-refractivity contribution in [3.05, 3.63) is 108 Å². The molecule has 1 saturated heterocycles. The topological polar surface area (TPSA) is 130 Å². The van der Waals surface area contributed by atoms with Crippen LogP contribution in [0.25, 0.3) is 55.4 Å². The van der Waals surface area contributed by atoms with Crippen molar-refractivity contribution in [2.75, 3.05) is 20.1 Å². The Balaban J connectivity index is 0.000000148. The van der Waals surface area contributed by atoms with Gasteiger partial charge in [-0.1, -0.05) is 24.3 Å². The fourth-order valence-corrected chi connectivity index (χ4v) is 6.50. The fourth-order valence-electron chi connectivity index (χ4n) is 6.50. The number of hydrogen-bond acceptors (Lipinski definition) is 7. The second kappa shape index (κ2) is 11.9. The summed E-state index contributed by atoms with van der Waals surface area (Å²) in [5.41, 5.74) is 5.38. The number of nitrogens with one attached hydrogen (secondary N) is 1. The van der Waals surface area contributed by atoms with E-state index in [4.69, 9.17) is 0 Å². The highest BCUT2D eigenvalue weighted by Crippen LogP contribution is 2.27. The molecule has 0 saturated carbocycles. The van der Waals surface area contributed by atoms with E-state index in [-0.39, 0.29) is 17.5 Å². The van der Waals surface area contributed by atoms with Crippen molar-refractivity contribution in [1.29, 1.82) is 0 Å². The molecule has 0 bridgehead atoms. The lowest BCUT2D eigenvalue weighted by Crippen LogP contribution is -2.43. The summed E-state index contributed by atoms with van der Waals surface area (Å²) in [5, 5.41) is 13.5. The molecule has 1 aliphatic heterocycles. The van der Waals surface area contributed by atoms with E-state index in [1.807, 2.05) is 46.9 Å². The molecule has 1 amide bonds. The molecule has 1 fully saturated rings. The maximum absolute atomic E-state index is 13.8. The number of aromatic carboxylic acids is 1. The molecule has 2 aromatic carbocycles. The van der Waals surface area contributed by atoms with Crippen LogP contribution in [-0.4, -0.2) is 76.8 Å². The number of carboxylic acids is 1. The Morgan fingerprint density at radius 3 is 1.76 bits per heavy atom. The lowest BCUT2D eigenvalue weighted by atomic mass is 10.0. The number of piperidine rings is 1. The third-order valence-corrected chi connectivity index (χ3v) is 8.88. The summed E-state index contributed by atoms with van der Waals surface area (Å²) in [4.78, 5) is 44.2. The number of benzene rings is 2. The molecular weight excluding hydrogens is 630 g/mol. The SMILES string of the molecule is CN1CCC(NC(=O)c2cc3cc(F)cnc3n3c2nc2ccccc23)CC1.O=C(O)c1cc2cc(F)cnc2n2c1nc1ccccc12. The first-order chi connectivity index (χ1) is 23.7. The van der Waals surface area contributed by atoms with Crippen LogP contribution in [0.2, 0.25) is 0 Å². The number of carbonyl (C=O) groups excluding carboxylic acids is 1. The second-order valence-electron chi connectivity index (χ2n) is 12.1. The van der Waals surface area contributed by atoms with Crippen molar-refractivity contribution in [1.82, 2.24) is 39.0 Å². The molecular formula is C36H28F2N8O3. The Bertz CT molecular complexity index is 2610. The van der Waals surface area contributed by atoms with Gasteiger partial charge in [-0.05, 0) is 81.5 Å². The van der Waals surface area contributed by atoms with Crippen LogP contribution in [0.4, 0.5) is 8.78 Å². The third-order valence-electron chi connectivity index (χ3n) is 8.88. The Labute approximate surface area is 276 Å². The number of carbonyl (C=O) groups is 2. The van der Waals surface area contributed by atoms with Gasteiger partial charge in [-0.3, -0.25) is 13.6 Å². The largest absolute Gasteiger partial charge is 0.478 e. The van der Waals surface area contributed by atoms with Crippen molar-refractivity contribution >= 4 is 67.3 Å². The summed E-state index contributed by atoms with van der Waals surface area (Å²) in [7, 11) is 2.09. The average molecular weight is 659 g/mol. The molecule has 49 heavy (non-hydrogen) atoms. The zero-order valence-corrected chi connectivity index (χ0v) is 26.1. The predicted molar refractivity (Wildman–Crippen MR) is 181 cm³/mol. The van der Waals surface area contributed by atoms with Gasteiger partial charge in [0.05, 0.1) is 40.0 Å². The fraction of sp³-hybridized carbons (Fsp3) is 0.167. The molecule has 0 aliphatic carbocycles. The van der Waals surface area contributed by atoms with Crippen molar-refractivity contribution in [2.45, 2.75) is 18.9 Å². The molecule has 8 aromatic rings. The first-order valence-electron chi connectivity index (χ1n) is 15.7. The Kier molecular flexibility index (Phi) is 7.33. The number of rotatable bonds is 3. The first-order valence-corrected chi connectivity index (χ1v) is 15.7. The van der Waals surface area contributed by atoms with E-state index < -0.39 is 17.6 Å². The number of carboxylic acid groups (broad SMARTS) is 1. The van der Waals surface area contributed by atoms with Crippen LogP contribution in [0.5, 0.6) is 0 Å². The Morgan fingerprint density at radius 1 is 0.735 bits per heavy atom. The summed E-state index contributed by atoms with van der Waals surface area (Å²) in [6.07, 6.45) is 4.13. The van der Waals surface area contributed by atoms with Crippen LogP contribution >= 0.6 is 0 Å². The van der Waals surface area contributed by atoms with E-state index in [0.717, 1.165) is 48.7 Å². The molecule has 244 valence electrons. The standard InChI is InChI=1S/C21H20FN5O.C15H8FN3O2/c1-26-8-6-15(7-9-26)24-21(28)16-11-13-10-14(22)12-23-19(13)27-18-5-3-2-4-17(18)25-20(16)27;16-9-5-8-6-10(15(20)21)14-18-11-3-1-2-4-12(11)19(14)13(8)17-7-9/h2-5,10-12,15H,6-9H2,1H3,(H,24,28);1-7H,(H,20,21). The van der Waals surface area contributed by atoms with Gasteiger partial charge in [-0.2, -0.15) is 0 Å². The van der Waals surface area contributed by atoms with Gasteiger partial charge in [0, 0.05) is 16.8 Å². The number of pyridine rings is 4. The molecule has 0 unspecified atom stereocenters. The number of para-hydroxylation sites is 4. The Morgan fingerprint density at radius 2 is 1.22 bits per heavy atom. The van der Waals surface area contributed by atoms with Crippen LogP contribution in [0.3, 0.4) is 0 Å². The molecule has 9 rings (SSSR count). The van der Waals surface area contributed by atoms with Gasteiger partial charge >= 0.3 is 5.97 Å². The second-order valence-corrected chi connectivity index (χ2v) is 12.1. The summed E-state index contributed by atoms with van der Waals surface area (Å²) in [5.74, 6) is -2.23. The van der Waals surface area contributed by atoms with Gasteiger partial charge in [-0.25, -0.2) is 33.5 Å². The average Bonchev–Trinajstić information content (AvgIpc) is 3.68. The van der Waals surface area contributed by atoms with Crippen LogP contribution < -0.4 is 5.32 Å². The number of likely N-dealkylation sites (tertiary alicyclic amines) is 1. The lowest BCUT2D eigenvalue weighted by Gasteiger charge is -2.29. The maximum Gasteiger partial charge on any atom is 0.339 e. The number of aromatic nitrogens is 6. The minimum Gasteiger partial charge on any atom is -0.478 e. The minimum atomic E-state index is -1.11. The Hall–Kier alpha value is -6.08. The molecule has 0 radical (unpaired) electrons. The predicted octanol–water partition coefficient (Wildman–Crippen LogP) is 5.87. The van der Waals surface area contributed by atoms with Gasteiger partial charge in [0.1, 0.15) is 28.5 Å². The van der Waals surface area contributed by atoms with Gasteiger partial charge in [-0.15, -0.1) is 0 Å². The number of amides is 1. The van der Waals surface area contributed by atoms with Gasteiger partial charge in [0.2, 0.25) is 0 Å². The highest BCUT2D eigenvalue weighted by molar-refractivity contribution is 6.06. The number of fused-ring (bicyclic) bond motifs is 10. The quantitative estimate of drug-likeness (QED) is 0.241. The van der Waals surface area contributed by atoms with Crippen molar-refractivity contribution in [2.24, 2.45) is 0 Å². The van der Waals surface area contributed by atoms with Gasteiger partial charge < -0.3 is 15.3 Å². The zero-order valence-electron chi connectivity index (χ0n) is 26.1. The van der Waals surface area contributed by atoms with Crippen molar-refractivity contribution in [3.8, 4) is 0 Å². The van der Waals surface area contributed by atoms with E-state index >= 15 is 0 Å². The molecule has 13 heteroatoms. The lowest BCUT2D eigenvalue weighted by molar-refractivity contribution is 0.0698. The molecule has 1 aliphatic rings. The van der Waals surface area contributed by atoms with Gasteiger partial charge in [0.25, 0.3) is 5.91 Å². The monoisotopic (exact) mass is 658 g/mol. The maximum atomic E-state index is 13.8. The highest BCUT2D eigenvalue weighted by Gasteiger charge is 2.23. The molecule has 11 nitrogen and oxygen atoms in total. The number of imidazole rings is 2. The highest BCUT2D eigenvalue weighted by atomic mass is 19.1. The number of halogens is 2. The summed E-state index contributed by atoms with van der Waals surface area (Å²) >= 11 is 0. The van der Waals surface area contributed by atoms with E-state index in [1.54, 1.807) is 16.5 Å². The van der Waals surface area contributed by atoms with Crippen molar-refractivity contribution in [3.63, 3.8) is 0 Å². The van der Waals surface area contributed by atoms with E-state index in [9.17, 15) is 23.5 Å². The number of hydrogen-bond donors (Lipinski definition) is 2. The summed E-state index contributed by atoms with van der Waals surface area (Å²) in [6.45, 7) is 1.92. The van der Waals surface area contributed by atoms with Crippen LogP contribution in [0, 0.1) is 11.6 Å². The smallest absolute Gasteiger partial charge is 0.339 e. The minimum absolute atomic E-state index is 0.0195. The van der Waals surface area contributed by atoms with Gasteiger partial charge in [0.15, 0.2) is 11.3 Å². The molecule has 2 N–H and O–H groups in total. The summed E-state index contributed by atoms with van der Waals surface area (Å²) < 4.78 is 30.7. The van der Waals surface area contributed by atoms with E-state index in [0.29, 0.717) is 44.4 Å². The first kappa shape index (κ1) is 30.3. The van der Waals surface area contributed by atoms with Crippen LogP contribution in [0.15, 0.2) is 85.2 Å². The van der Waals surface area contributed by atoms with E-state index in [1.165, 1.54) is 24.4 Å². The molecule has 7 heterocycles. The third kappa shape index (κ3) is 5.33. The van der Waals surface area contributed by atoms with E-state index in [2.05, 4.69) is 37.2 Å². The molecule has 0 spiro atoms.